The Balaban J connectivity index is 1.56. The van der Waals surface area contributed by atoms with E-state index in [2.05, 4.69) is 5.32 Å². The van der Waals surface area contributed by atoms with Crippen molar-refractivity contribution in [3.05, 3.63) is 0 Å². The zero-order valence-corrected chi connectivity index (χ0v) is 8.50. The van der Waals surface area contributed by atoms with Gasteiger partial charge in [-0.15, -0.1) is 0 Å². The van der Waals surface area contributed by atoms with Gasteiger partial charge in [0.1, 0.15) is 0 Å². The molecule has 4 nitrogen and oxygen atoms in total. The predicted molar refractivity (Wildman–Crippen MR) is 53.1 cm³/mol. The highest BCUT2D eigenvalue weighted by Gasteiger charge is 2.21. The van der Waals surface area contributed by atoms with Crippen molar-refractivity contribution in [2.45, 2.75) is 19.3 Å². The molecule has 80 valence electrons. The Hall–Kier alpha value is -0.770. The monoisotopic (exact) mass is 198 g/mol. The van der Waals surface area contributed by atoms with Gasteiger partial charge in [0.25, 0.3) is 0 Å². The average Bonchev–Trinajstić information content (AvgIpc) is 2.99. The lowest BCUT2D eigenvalue weighted by Gasteiger charge is -2.27. The molecule has 1 heterocycles. The fraction of sp³-hybridized carbons (Fsp3) is 0.900. The normalized spacial score (nSPS) is 22.3. The van der Waals surface area contributed by atoms with Gasteiger partial charge in [-0.1, -0.05) is 0 Å². The highest BCUT2D eigenvalue weighted by molar-refractivity contribution is 5.74. The summed E-state index contributed by atoms with van der Waals surface area (Å²) in [6.45, 7) is 3.99. The van der Waals surface area contributed by atoms with E-state index in [4.69, 9.17) is 4.74 Å². The van der Waals surface area contributed by atoms with Crippen LogP contribution < -0.4 is 5.32 Å². The quantitative estimate of drug-likeness (QED) is 0.665. The molecule has 1 aliphatic carbocycles. The summed E-state index contributed by atoms with van der Waals surface area (Å²) in [6, 6.07) is 0.0614. The van der Waals surface area contributed by atoms with Crippen LogP contribution in [-0.4, -0.2) is 43.8 Å². The molecule has 0 aromatic carbocycles. The number of carbonyl (C=O) groups is 1. The summed E-state index contributed by atoms with van der Waals surface area (Å²) >= 11 is 0. The number of amides is 2. The summed E-state index contributed by atoms with van der Waals surface area (Å²) in [7, 11) is 0. The summed E-state index contributed by atoms with van der Waals surface area (Å²) in [5.41, 5.74) is 0. The maximum atomic E-state index is 11.3. The largest absolute Gasteiger partial charge is 0.379 e. The molecular weight excluding hydrogens is 180 g/mol. The van der Waals surface area contributed by atoms with E-state index in [-0.39, 0.29) is 6.03 Å². The Morgan fingerprint density at radius 1 is 1.50 bits per heavy atom. The van der Waals surface area contributed by atoms with Crippen LogP contribution in [0.15, 0.2) is 0 Å². The highest BCUT2D eigenvalue weighted by Crippen LogP contribution is 2.28. The van der Waals surface area contributed by atoms with Gasteiger partial charge >= 0.3 is 6.03 Å². The molecule has 2 amide bonds. The van der Waals surface area contributed by atoms with Crippen molar-refractivity contribution in [1.29, 1.82) is 0 Å². The Morgan fingerprint density at radius 3 is 3.07 bits per heavy atom. The first kappa shape index (κ1) is 9.77. The first-order valence-electron chi connectivity index (χ1n) is 5.47. The fourth-order valence-corrected chi connectivity index (χ4v) is 1.60. The van der Waals surface area contributed by atoms with Crippen LogP contribution in [0.3, 0.4) is 0 Å². The zero-order valence-electron chi connectivity index (χ0n) is 8.50. The minimum Gasteiger partial charge on any atom is -0.379 e. The van der Waals surface area contributed by atoms with Crippen LogP contribution in [0.25, 0.3) is 0 Å². The van der Waals surface area contributed by atoms with Crippen LogP contribution in [0.1, 0.15) is 19.3 Å². The Bertz CT molecular complexity index is 204. The standard InChI is InChI=1S/C10H18N2O2/c13-10-11-4-1-5-12(10)6-7-14-8-9-2-3-9/h9H,1-8H2,(H,11,13). The highest BCUT2D eigenvalue weighted by atomic mass is 16.5. The van der Waals surface area contributed by atoms with E-state index in [9.17, 15) is 4.79 Å². The maximum Gasteiger partial charge on any atom is 0.317 e. The molecule has 4 heteroatoms. The molecule has 0 unspecified atom stereocenters. The first-order valence-corrected chi connectivity index (χ1v) is 5.47. The van der Waals surface area contributed by atoms with Gasteiger partial charge in [0.2, 0.25) is 0 Å². The SMILES string of the molecule is O=C1NCCCN1CCOCC1CC1. The maximum absolute atomic E-state index is 11.3. The van der Waals surface area contributed by atoms with Crippen molar-refractivity contribution in [3.63, 3.8) is 0 Å². The van der Waals surface area contributed by atoms with Gasteiger partial charge in [-0.25, -0.2) is 4.79 Å². The second kappa shape index (κ2) is 4.64. The second-order valence-electron chi connectivity index (χ2n) is 4.09. The van der Waals surface area contributed by atoms with Crippen molar-refractivity contribution >= 4 is 6.03 Å². The molecule has 0 spiro atoms. The molecule has 0 bridgehead atoms. The van der Waals surface area contributed by atoms with Crippen molar-refractivity contribution in [1.82, 2.24) is 10.2 Å². The number of ether oxygens (including phenoxy) is 1. The summed E-state index contributed by atoms with van der Waals surface area (Å²) in [5, 5.41) is 2.83. The lowest BCUT2D eigenvalue weighted by molar-refractivity contribution is 0.0988. The van der Waals surface area contributed by atoms with E-state index in [1.807, 2.05) is 4.90 Å². The third-order valence-electron chi connectivity index (χ3n) is 2.72. The van der Waals surface area contributed by atoms with Gasteiger partial charge in [-0.2, -0.15) is 0 Å². The van der Waals surface area contributed by atoms with Crippen molar-refractivity contribution in [3.8, 4) is 0 Å². The summed E-state index contributed by atoms with van der Waals surface area (Å²) in [4.78, 5) is 13.1. The van der Waals surface area contributed by atoms with Crippen LogP contribution in [0.5, 0.6) is 0 Å². The number of hydrogen-bond donors (Lipinski definition) is 1. The number of nitrogens with one attached hydrogen (secondary N) is 1. The molecular formula is C10H18N2O2. The summed E-state index contributed by atoms with van der Waals surface area (Å²) in [6.07, 6.45) is 3.70. The average molecular weight is 198 g/mol. The van der Waals surface area contributed by atoms with E-state index in [1.54, 1.807) is 0 Å². The van der Waals surface area contributed by atoms with E-state index >= 15 is 0 Å². The van der Waals surface area contributed by atoms with Crippen LogP contribution in [0.4, 0.5) is 4.79 Å². The molecule has 0 radical (unpaired) electrons. The third-order valence-corrected chi connectivity index (χ3v) is 2.72. The molecule has 1 aliphatic heterocycles. The fourth-order valence-electron chi connectivity index (χ4n) is 1.60. The zero-order chi connectivity index (χ0) is 9.80. The van der Waals surface area contributed by atoms with Gasteiger partial charge < -0.3 is 15.0 Å². The van der Waals surface area contributed by atoms with Gasteiger partial charge in [0.05, 0.1) is 6.61 Å². The van der Waals surface area contributed by atoms with E-state index < -0.39 is 0 Å². The first-order chi connectivity index (χ1) is 6.86. The molecule has 1 saturated carbocycles. The summed E-state index contributed by atoms with van der Waals surface area (Å²) in [5.74, 6) is 0.810. The Morgan fingerprint density at radius 2 is 2.36 bits per heavy atom. The van der Waals surface area contributed by atoms with E-state index in [0.717, 1.165) is 38.6 Å². The molecule has 2 fully saturated rings. The number of rotatable bonds is 5. The minimum atomic E-state index is 0.0614. The molecule has 1 N–H and O–H groups in total. The van der Waals surface area contributed by atoms with Crippen LogP contribution in [0, 0.1) is 5.92 Å². The second-order valence-corrected chi connectivity index (χ2v) is 4.09. The molecule has 14 heavy (non-hydrogen) atoms. The number of nitrogens with zero attached hydrogens (tertiary/aromatic N) is 1. The van der Waals surface area contributed by atoms with Crippen molar-refractivity contribution in [2.75, 3.05) is 32.8 Å². The minimum absolute atomic E-state index is 0.0614. The number of hydrogen-bond acceptors (Lipinski definition) is 2. The summed E-state index contributed by atoms with van der Waals surface area (Å²) < 4.78 is 5.49. The lowest BCUT2D eigenvalue weighted by Crippen LogP contribution is -2.47. The lowest BCUT2D eigenvalue weighted by atomic mass is 10.3. The number of urea groups is 1. The van der Waals surface area contributed by atoms with Crippen LogP contribution in [-0.2, 0) is 4.74 Å². The molecule has 0 atom stereocenters. The molecule has 0 aromatic rings. The van der Waals surface area contributed by atoms with E-state index in [1.165, 1.54) is 12.8 Å². The van der Waals surface area contributed by atoms with Gasteiger partial charge in [-0.3, -0.25) is 0 Å². The van der Waals surface area contributed by atoms with E-state index in [0.29, 0.717) is 6.61 Å². The Kier molecular flexibility index (Phi) is 3.24. The van der Waals surface area contributed by atoms with Crippen molar-refractivity contribution < 1.29 is 9.53 Å². The molecule has 2 rings (SSSR count). The van der Waals surface area contributed by atoms with Gasteiger partial charge in [-0.05, 0) is 25.2 Å². The molecule has 0 aromatic heterocycles. The molecule has 2 aliphatic rings. The molecule has 1 saturated heterocycles. The topological polar surface area (TPSA) is 41.6 Å². The van der Waals surface area contributed by atoms with Crippen LogP contribution in [0.2, 0.25) is 0 Å². The van der Waals surface area contributed by atoms with Gasteiger partial charge in [0, 0.05) is 26.2 Å². The smallest absolute Gasteiger partial charge is 0.317 e. The third kappa shape index (κ3) is 2.87. The number of carbonyl (C=O) groups excluding carboxylic acids is 1. The van der Waals surface area contributed by atoms with Crippen molar-refractivity contribution in [2.24, 2.45) is 5.92 Å². The predicted octanol–water partition coefficient (Wildman–Crippen LogP) is 0.828. The Labute approximate surface area is 84.6 Å². The van der Waals surface area contributed by atoms with Crippen LogP contribution >= 0.6 is 0 Å². The van der Waals surface area contributed by atoms with Gasteiger partial charge in [0.15, 0.2) is 0 Å².